The molecule has 2 nitrogen and oxygen atoms in total. The van der Waals surface area contributed by atoms with Gasteiger partial charge in [-0.05, 0) is 53.6 Å². The standard InChI is InChI=1S/C11H12F3IN2/c12-11(13,14)6-17(8-2-3-8)10-4-1-7(15)5-9(10)16/h1,4-5,8H,2-3,6,16H2. The number of nitrogen functional groups attached to an aromatic ring is 1. The van der Waals surface area contributed by atoms with Crippen LogP contribution >= 0.6 is 22.6 Å². The molecule has 0 amide bonds. The summed E-state index contributed by atoms with van der Waals surface area (Å²) in [6, 6.07) is 5.12. The van der Waals surface area contributed by atoms with Crippen LogP contribution < -0.4 is 10.6 Å². The maximum absolute atomic E-state index is 12.5. The summed E-state index contributed by atoms with van der Waals surface area (Å²) in [6.07, 6.45) is -2.58. The molecular formula is C11H12F3IN2. The van der Waals surface area contributed by atoms with Gasteiger partial charge in [0.25, 0.3) is 0 Å². The monoisotopic (exact) mass is 356 g/mol. The van der Waals surface area contributed by atoms with Gasteiger partial charge in [-0.2, -0.15) is 13.2 Å². The van der Waals surface area contributed by atoms with Gasteiger partial charge < -0.3 is 10.6 Å². The lowest BCUT2D eigenvalue weighted by Crippen LogP contribution is -2.36. The van der Waals surface area contributed by atoms with Gasteiger partial charge >= 0.3 is 6.18 Å². The van der Waals surface area contributed by atoms with Crippen LogP contribution in [0.4, 0.5) is 24.5 Å². The van der Waals surface area contributed by atoms with Gasteiger partial charge in [0.05, 0.1) is 11.4 Å². The zero-order valence-electron chi connectivity index (χ0n) is 8.97. The normalized spacial score (nSPS) is 16.0. The molecular weight excluding hydrogens is 344 g/mol. The van der Waals surface area contributed by atoms with Gasteiger partial charge in [0.1, 0.15) is 6.54 Å². The maximum Gasteiger partial charge on any atom is 0.405 e. The summed E-state index contributed by atoms with van der Waals surface area (Å²) in [4.78, 5) is 1.37. The van der Waals surface area contributed by atoms with E-state index in [0.29, 0.717) is 11.4 Å². The fraction of sp³-hybridized carbons (Fsp3) is 0.455. The second-order valence-corrected chi connectivity index (χ2v) is 5.42. The highest BCUT2D eigenvalue weighted by atomic mass is 127. The van der Waals surface area contributed by atoms with Gasteiger partial charge in [-0.3, -0.25) is 0 Å². The van der Waals surface area contributed by atoms with Crippen molar-refractivity contribution in [2.24, 2.45) is 0 Å². The van der Waals surface area contributed by atoms with E-state index in [4.69, 9.17) is 5.73 Å². The number of benzene rings is 1. The van der Waals surface area contributed by atoms with E-state index >= 15 is 0 Å². The third-order valence-corrected chi connectivity index (χ3v) is 3.31. The molecule has 1 fully saturated rings. The first-order chi connectivity index (χ1) is 7.87. The van der Waals surface area contributed by atoms with Gasteiger partial charge in [-0.25, -0.2) is 0 Å². The Kier molecular flexibility index (Phi) is 3.42. The van der Waals surface area contributed by atoms with Crippen molar-refractivity contribution in [3.8, 4) is 0 Å². The number of hydrogen-bond donors (Lipinski definition) is 1. The second-order valence-electron chi connectivity index (χ2n) is 4.18. The van der Waals surface area contributed by atoms with Crippen LogP contribution in [0.1, 0.15) is 12.8 Å². The summed E-state index contributed by atoms with van der Waals surface area (Å²) in [5.74, 6) is 0. The third-order valence-electron chi connectivity index (χ3n) is 2.64. The van der Waals surface area contributed by atoms with Crippen LogP contribution in [-0.2, 0) is 0 Å². The lowest BCUT2D eigenvalue weighted by Gasteiger charge is -2.27. The maximum atomic E-state index is 12.5. The van der Waals surface area contributed by atoms with Crippen LogP contribution in [0.2, 0.25) is 0 Å². The summed E-state index contributed by atoms with van der Waals surface area (Å²) >= 11 is 2.09. The van der Waals surface area contributed by atoms with E-state index in [0.717, 1.165) is 16.4 Å². The van der Waals surface area contributed by atoms with E-state index in [1.807, 2.05) is 0 Å². The molecule has 1 aromatic carbocycles. The molecule has 1 aromatic rings. The van der Waals surface area contributed by atoms with Crippen molar-refractivity contribution < 1.29 is 13.2 Å². The molecule has 0 atom stereocenters. The van der Waals surface area contributed by atoms with Crippen LogP contribution in [0.3, 0.4) is 0 Å². The quantitative estimate of drug-likeness (QED) is 0.665. The van der Waals surface area contributed by atoms with Crippen molar-refractivity contribution in [2.45, 2.75) is 25.1 Å². The van der Waals surface area contributed by atoms with E-state index < -0.39 is 12.7 Å². The Balaban J connectivity index is 2.26. The fourth-order valence-electron chi connectivity index (χ4n) is 1.78. The molecule has 0 unspecified atom stereocenters. The van der Waals surface area contributed by atoms with Crippen LogP contribution in [-0.4, -0.2) is 18.8 Å². The van der Waals surface area contributed by atoms with E-state index in [-0.39, 0.29) is 6.04 Å². The Hall–Kier alpha value is -0.660. The molecule has 94 valence electrons. The Bertz CT molecular complexity index is 416. The predicted octanol–water partition coefficient (Wildman–Crippen LogP) is 3.40. The summed E-state index contributed by atoms with van der Waals surface area (Å²) in [6.45, 7) is -0.928. The van der Waals surface area contributed by atoms with Crippen LogP contribution in [0.5, 0.6) is 0 Å². The van der Waals surface area contributed by atoms with Crippen molar-refractivity contribution in [1.29, 1.82) is 0 Å². The highest BCUT2D eigenvalue weighted by Gasteiger charge is 2.38. The first-order valence-electron chi connectivity index (χ1n) is 5.25. The molecule has 17 heavy (non-hydrogen) atoms. The van der Waals surface area contributed by atoms with E-state index in [2.05, 4.69) is 22.6 Å². The topological polar surface area (TPSA) is 29.3 Å². The summed E-state index contributed by atoms with van der Waals surface area (Å²) in [7, 11) is 0. The van der Waals surface area contributed by atoms with Gasteiger partial charge in [0.2, 0.25) is 0 Å². The second kappa shape index (κ2) is 4.55. The molecule has 0 radical (unpaired) electrons. The summed E-state index contributed by atoms with van der Waals surface area (Å²) in [5.41, 5.74) is 6.69. The smallest absolute Gasteiger partial charge is 0.397 e. The van der Waals surface area contributed by atoms with Crippen molar-refractivity contribution in [1.82, 2.24) is 0 Å². The summed E-state index contributed by atoms with van der Waals surface area (Å²) < 4.78 is 38.4. The van der Waals surface area contributed by atoms with Crippen molar-refractivity contribution in [3.63, 3.8) is 0 Å². The Morgan fingerprint density at radius 2 is 2.00 bits per heavy atom. The highest BCUT2D eigenvalue weighted by Crippen LogP contribution is 2.37. The lowest BCUT2D eigenvalue weighted by atomic mass is 10.2. The molecule has 1 saturated carbocycles. The van der Waals surface area contributed by atoms with Crippen LogP contribution in [0.25, 0.3) is 0 Å². The minimum absolute atomic E-state index is 0.0148. The highest BCUT2D eigenvalue weighted by molar-refractivity contribution is 14.1. The van der Waals surface area contributed by atoms with Crippen molar-refractivity contribution in [3.05, 3.63) is 21.8 Å². The van der Waals surface area contributed by atoms with E-state index in [1.165, 1.54) is 4.90 Å². The first-order valence-corrected chi connectivity index (χ1v) is 6.33. The van der Waals surface area contributed by atoms with Gasteiger partial charge in [0.15, 0.2) is 0 Å². The van der Waals surface area contributed by atoms with Gasteiger partial charge in [0, 0.05) is 9.61 Å². The van der Waals surface area contributed by atoms with E-state index in [1.54, 1.807) is 18.2 Å². The Morgan fingerprint density at radius 1 is 1.35 bits per heavy atom. The molecule has 0 aromatic heterocycles. The molecule has 0 aliphatic heterocycles. The summed E-state index contributed by atoms with van der Waals surface area (Å²) in [5, 5.41) is 0. The average molecular weight is 356 g/mol. The third kappa shape index (κ3) is 3.40. The SMILES string of the molecule is Nc1cc(I)ccc1N(CC(F)(F)F)C1CC1. The van der Waals surface area contributed by atoms with Crippen LogP contribution in [0, 0.1) is 3.57 Å². The number of rotatable bonds is 3. The minimum Gasteiger partial charge on any atom is -0.397 e. The minimum atomic E-state index is -4.20. The van der Waals surface area contributed by atoms with Crippen LogP contribution in [0.15, 0.2) is 18.2 Å². The molecule has 0 heterocycles. The molecule has 0 bridgehead atoms. The zero-order chi connectivity index (χ0) is 12.6. The van der Waals surface area contributed by atoms with E-state index in [9.17, 15) is 13.2 Å². The molecule has 2 N–H and O–H groups in total. The number of halogens is 4. The number of hydrogen-bond acceptors (Lipinski definition) is 2. The van der Waals surface area contributed by atoms with Crippen molar-refractivity contribution in [2.75, 3.05) is 17.2 Å². The Labute approximate surface area is 111 Å². The van der Waals surface area contributed by atoms with Crippen molar-refractivity contribution >= 4 is 34.0 Å². The Morgan fingerprint density at radius 3 is 2.47 bits per heavy atom. The molecule has 1 aliphatic carbocycles. The number of nitrogens with zero attached hydrogens (tertiary/aromatic N) is 1. The zero-order valence-corrected chi connectivity index (χ0v) is 11.1. The first kappa shape index (κ1) is 12.8. The number of alkyl halides is 3. The average Bonchev–Trinajstić information content (AvgIpc) is 2.96. The molecule has 1 aliphatic rings. The fourth-order valence-corrected chi connectivity index (χ4v) is 2.29. The largest absolute Gasteiger partial charge is 0.405 e. The molecule has 0 saturated heterocycles. The predicted molar refractivity (Wildman–Crippen MR) is 70.0 cm³/mol. The molecule has 0 spiro atoms. The molecule has 2 rings (SSSR count). The number of anilines is 2. The van der Waals surface area contributed by atoms with Gasteiger partial charge in [-0.15, -0.1) is 0 Å². The molecule has 6 heteroatoms. The van der Waals surface area contributed by atoms with Gasteiger partial charge in [-0.1, -0.05) is 0 Å². The number of nitrogens with two attached hydrogens (primary N) is 1. The lowest BCUT2D eigenvalue weighted by molar-refractivity contribution is -0.119.